The molecule has 0 fully saturated rings. The molecule has 0 bridgehead atoms. The second-order valence-electron chi connectivity index (χ2n) is 6.89. The maximum atomic E-state index is 12.7. The number of carbonyl (C=O) groups excluding carboxylic acids is 1. The fourth-order valence-corrected chi connectivity index (χ4v) is 5.37. The molecule has 1 N–H and O–H groups in total. The van der Waals surface area contributed by atoms with Crippen molar-refractivity contribution >= 4 is 46.9 Å². The molecule has 0 saturated carbocycles. The average Bonchev–Trinajstić information content (AvgIpc) is 3.24. The number of nitrogens with zero attached hydrogens (tertiary/aromatic N) is 2. The summed E-state index contributed by atoms with van der Waals surface area (Å²) in [5.41, 5.74) is 3.12. The lowest BCUT2D eigenvalue weighted by Crippen LogP contribution is -2.12. The summed E-state index contributed by atoms with van der Waals surface area (Å²) in [5, 5.41) is 7.51. The Morgan fingerprint density at radius 2 is 1.82 bits per heavy atom. The van der Waals surface area contributed by atoms with Gasteiger partial charge in [0.05, 0.1) is 25.6 Å². The van der Waals surface area contributed by atoms with Crippen molar-refractivity contribution in [3.8, 4) is 17.2 Å². The lowest BCUT2D eigenvalue weighted by atomic mass is 10.2. The number of amides is 1. The zero-order chi connectivity index (χ0) is 23.2. The SMILES string of the molecule is COc1ccc(NC(=O)c2ccc(-n3nc(SCc4ccccc4)sc3=S)cc2)c(OC)c1. The first-order valence-electron chi connectivity index (χ1n) is 9.98. The van der Waals surface area contributed by atoms with Crippen LogP contribution in [0.5, 0.6) is 11.5 Å². The molecule has 1 aromatic heterocycles. The second kappa shape index (κ2) is 10.7. The topological polar surface area (TPSA) is 65.4 Å². The van der Waals surface area contributed by atoms with Crippen LogP contribution in [0.25, 0.3) is 5.69 Å². The number of hydrogen-bond acceptors (Lipinski definition) is 7. The van der Waals surface area contributed by atoms with Crippen molar-refractivity contribution in [2.75, 3.05) is 19.5 Å². The Balaban J connectivity index is 1.45. The Morgan fingerprint density at radius 1 is 1.06 bits per heavy atom. The molecular formula is C24H21N3O3S3. The number of rotatable bonds is 8. The van der Waals surface area contributed by atoms with Crippen LogP contribution in [-0.4, -0.2) is 29.9 Å². The van der Waals surface area contributed by atoms with Gasteiger partial charge >= 0.3 is 0 Å². The second-order valence-corrected chi connectivity index (χ2v) is 9.73. The van der Waals surface area contributed by atoms with Crippen LogP contribution >= 0.6 is 35.3 Å². The summed E-state index contributed by atoms with van der Waals surface area (Å²) in [6.45, 7) is 0. The van der Waals surface area contributed by atoms with Gasteiger partial charge in [-0.15, -0.1) is 5.10 Å². The Labute approximate surface area is 205 Å². The van der Waals surface area contributed by atoms with Crippen LogP contribution in [0.2, 0.25) is 0 Å². The van der Waals surface area contributed by atoms with Crippen molar-refractivity contribution < 1.29 is 14.3 Å². The van der Waals surface area contributed by atoms with E-state index >= 15 is 0 Å². The van der Waals surface area contributed by atoms with Crippen molar-refractivity contribution in [3.05, 3.63) is 87.9 Å². The van der Waals surface area contributed by atoms with Gasteiger partial charge in [0, 0.05) is 17.4 Å². The van der Waals surface area contributed by atoms with Crippen molar-refractivity contribution in [3.63, 3.8) is 0 Å². The van der Waals surface area contributed by atoms with Crippen molar-refractivity contribution in [1.29, 1.82) is 0 Å². The van der Waals surface area contributed by atoms with Gasteiger partial charge in [0.1, 0.15) is 11.5 Å². The molecule has 168 valence electrons. The summed E-state index contributed by atoms with van der Waals surface area (Å²) in [5.74, 6) is 1.76. The summed E-state index contributed by atoms with van der Waals surface area (Å²) in [6.07, 6.45) is 0. The van der Waals surface area contributed by atoms with Crippen LogP contribution in [-0.2, 0) is 5.75 Å². The van der Waals surface area contributed by atoms with E-state index in [1.165, 1.54) is 16.9 Å². The molecule has 1 amide bonds. The molecule has 6 nitrogen and oxygen atoms in total. The summed E-state index contributed by atoms with van der Waals surface area (Å²) in [6, 6.07) is 22.6. The van der Waals surface area contributed by atoms with Crippen LogP contribution < -0.4 is 14.8 Å². The number of aromatic nitrogens is 2. The van der Waals surface area contributed by atoms with Crippen molar-refractivity contribution in [1.82, 2.24) is 9.78 Å². The first kappa shape index (κ1) is 23.0. The first-order chi connectivity index (χ1) is 16.1. The molecule has 0 aliphatic carbocycles. The average molecular weight is 496 g/mol. The lowest BCUT2D eigenvalue weighted by molar-refractivity contribution is 0.102. The number of hydrogen-bond donors (Lipinski definition) is 1. The van der Waals surface area contributed by atoms with E-state index in [4.69, 9.17) is 21.7 Å². The molecule has 0 spiro atoms. The molecule has 33 heavy (non-hydrogen) atoms. The number of ether oxygens (including phenoxy) is 2. The third-order valence-electron chi connectivity index (χ3n) is 4.77. The highest BCUT2D eigenvalue weighted by Gasteiger charge is 2.12. The maximum Gasteiger partial charge on any atom is 0.255 e. The van der Waals surface area contributed by atoms with Gasteiger partial charge in [-0.25, -0.2) is 4.68 Å². The number of carbonyl (C=O) groups is 1. The molecule has 0 unspecified atom stereocenters. The van der Waals surface area contributed by atoms with Gasteiger partial charge in [-0.3, -0.25) is 4.79 Å². The minimum Gasteiger partial charge on any atom is -0.497 e. The minimum absolute atomic E-state index is 0.244. The molecule has 9 heteroatoms. The zero-order valence-corrected chi connectivity index (χ0v) is 20.4. The largest absolute Gasteiger partial charge is 0.497 e. The van der Waals surface area contributed by atoms with Gasteiger partial charge in [0.15, 0.2) is 8.29 Å². The predicted octanol–water partition coefficient (Wildman–Crippen LogP) is 6.23. The maximum absolute atomic E-state index is 12.7. The molecule has 1 heterocycles. The van der Waals surface area contributed by atoms with Crippen molar-refractivity contribution in [2.24, 2.45) is 0 Å². The highest BCUT2D eigenvalue weighted by molar-refractivity contribution is 8.00. The zero-order valence-electron chi connectivity index (χ0n) is 18.0. The highest BCUT2D eigenvalue weighted by Crippen LogP contribution is 2.30. The fourth-order valence-electron chi connectivity index (χ4n) is 3.05. The summed E-state index contributed by atoms with van der Waals surface area (Å²) < 4.78 is 13.8. The van der Waals surface area contributed by atoms with E-state index in [2.05, 4.69) is 22.5 Å². The van der Waals surface area contributed by atoms with Gasteiger partial charge in [-0.05, 0) is 54.2 Å². The molecule has 0 radical (unpaired) electrons. The van der Waals surface area contributed by atoms with E-state index in [1.807, 2.05) is 30.3 Å². The molecule has 0 saturated heterocycles. The summed E-state index contributed by atoms with van der Waals surface area (Å²) in [4.78, 5) is 12.7. The van der Waals surface area contributed by atoms with E-state index in [0.29, 0.717) is 26.7 Å². The van der Waals surface area contributed by atoms with Crippen LogP contribution in [0, 0.1) is 3.95 Å². The van der Waals surface area contributed by atoms with E-state index in [0.717, 1.165) is 15.8 Å². The summed E-state index contributed by atoms with van der Waals surface area (Å²) >= 11 is 8.63. The number of anilines is 1. The minimum atomic E-state index is -0.244. The van der Waals surface area contributed by atoms with Crippen LogP contribution in [0.3, 0.4) is 0 Å². The van der Waals surface area contributed by atoms with Gasteiger partial charge in [-0.2, -0.15) is 0 Å². The van der Waals surface area contributed by atoms with E-state index < -0.39 is 0 Å². The van der Waals surface area contributed by atoms with Gasteiger partial charge in [0.2, 0.25) is 0 Å². The molecular weight excluding hydrogens is 474 g/mol. The standard InChI is InChI=1S/C24H21N3O3S3/c1-29-19-12-13-20(21(14-19)30-2)25-22(28)17-8-10-18(11-9-17)27-24(31)33-23(26-27)32-15-16-6-4-3-5-7-16/h3-14H,15H2,1-2H3,(H,25,28). The number of thioether (sulfide) groups is 1. The molecule has 0 aliphatic heterocycles. The molecule has 3 aromatic carbocycles. The third kappa shape index (κ3) is 5.62. The smallest absolute Gasteiger partial charge is 0.255 e. The Morgan fingerprint density at radius 3 is 2.52 bits per heavy atom. The predicted molar refractivity (Wildman–Crippen MR) is 136 cm³/mol. The molecule has 0 aliphatic rings. The Hall–Kier alpha value is -3.14. The van der Waals surface area contributed by atoms with Gasteiger partial charge in [-0.1, -0.05) is 53.4 Å². The third-order valence-corrected chi connectivity index (χ3v) is 7.20. The normalized spacial score (nSPS) is 10.6. The quantitative estimate of drug-likeness (QED) is 0.231. The Bertz CT molecular complexity index is 1300. The van der Waals surface area contributed by atoms with E-state index in [-0.39, 0.29) is 5.91 Å². The van der Waals surface area contributed by atoms with Crippen LogP contribution in [0.15, 0.2) is 77.1 Å². The van der Waals surface area contributed by atoms with Crippen LogP contribution in [0.4, 0.5) is 5.69 Å². The number of nitrogens with one attached hydrogen (secondary N) is 1. The number of benzene rings is 3. The van der Waals surface area contributed by atoms with Crippen LogP contribution in [0.1, 0.15) is 15.9 Å². The molecule has 0 atom stereocenters. The monoisotopic (exact) mass is 495 g/mol. The molecule has 4 aromatic rings. The van der Waals surface area contributed by atoms with E-state index in [9.17, 15) is 4.79 Å². The highest BCUT2D eigenvalue weighted by atomic mass is 32.2. The van der Waals surface area contributed by atoms with E-state index in [1.54, 1.807) is 61.0 Å². The lowest BCUT2D eigenvalue weighted by Gasteiger charge is -2.12. The number of methoxy groups -OCH3 is 2. The first-order valence-corrected chi connectivity index (χ1v) is 12.2. The van der Waals surface area contributed by atoms with Gasteiger partial charge in [0.25, 0.3) is 5.91 Å². The van der Waals surface area contributed by atoms with Gasteiger partial charge < -0.3 is 14.8 Å². The van der Waals surface area contributed by atoms with Crippen molar-refractivity contribution in [2.45, 2.75) is 10.1 Å². The summed E-state index contributed by atoms with van der Waals surface area (Å²) in [7, 11) is 3.12. The Kier molecular flexibility index (Phi) is 7.43. The fraction of sp³-hybridized carbons (Fsp3) is 0.125. The molecule has 4 rings (SSSR count).